The van der Waals surface area contributed by atoms with E-state index in [4.69, 9.17) is 0 Å². The molecule has 2 aromatic carbocycles. The molecule has 5 nitrogen and oxygen atoms in total. The summed E-state index contributed by atoms with van der Waals surface area (Å²) in [7, 11) is 0. The highest BCUT2D eigenvalue weighted by atomic mass is 32.2. The number of nitrogens with zero attached hydrogens (tertiary/aromatic N) is 5. The van der Waals surface area contributed by atoms with Gasteiger partial charge in [-0.2, -0.15) is 0 Å². The summed E-state index contributed by atoms with van der Waals surface area (Å²) in [6, 6.07) is 18.8. The number of thioether (sulfide) groups is 2. The van der Waals surface area contributed by atoms with E-state index >= 15 is 0 Å². The van der Waals surface area contributed by atoms with Crippen molar-refractivity contribution in [2.45, 2.75) is 16.2 Å². The monoisotopic (exact) mass is 377 g/mol. The Morgan fingerprint density at radius 3 is 2.77 bits per heavy atom. The van der Waals surface area contributed by atoms with Gasteiger partial charge in [-0.05, 0) is 6.07 Å². The van der Waals surface area contributed by atoms with Gasteiger partial charge in [0.2, 0.25) is 0 Å². The van der Waals surface area contributed by atoms with Crippen LogP contribution < -0.4 is 0 Å². The summed E-state index contributed by atoms with van der Waals surface area (Å²) >= 11 is 3.55. The van der Waals surface area contributed by atoms with Gasteiger partial charge in [0, 0.05) is 22.5 Å². The highest BCUT2D eigenvalue weighted by Crippen LogP contribution is 2.39. The number of para-hydroxylation sites is 1. The molecule has 128 valence electrons. The largest absolute Gasteiger partial charge is 0.297 e. The lowest BCUT2D eigenvalue weighted by Crippen LogP contribution is -2.11. The third-order valence-corrected chi connectivity index (χ3v) is 6.62. The van der Waals surface area contributed by atoms with Crippen LogP contribution in [0, 0.1) is 0 Å². The van der Waals surface area contributed by atoms with Gasteiger partial charge in [0.25, 0.3) is 0 Å². The second-order valence-electron chi connectivity index (χ2n) is 6.01. The highest BCUT2D eigenvalue weighted by Gasteiger charge is 2.28. The summed E-state index contributed by atoms with van der Waals surface area (Å²) in [6.45, 7) is 0. The van der Waals surface area contributed by atoms with Crippen LogP contribution in [0.3, 0.4) is 0 Å². The quantitative estimate of drug-likeness (QED) is 0.390. The van der Waals surface area contributed by atoms with Crippen LogP contribution in [0.1, 0.15) is 6.04 Å². The van der Waals surface area contributed by atoms with Gasteiger partial charge >= 0.3 is 0 Å². The number of fused-ring (bicyclic) bond motifs is 2. The predicted octanol–water partition coefficient (Wildman–Crippen LogP) is 4.33. The van der Waals surface area contributed by atoms with Gasteiger partial charge < -0.3 is 0 Å². The Hall–Kier alpha value is -2.38. The normalized spacial score (nSPS) is 16.1. The van der Waals surface area contributed by atoms with Crippen LogP contribution in [0.4, 0.5) is 0 Å². The molecule has 5 rings (SSSR count). The fourth-order valence-electron chi connectivity index (χ4n) is 3.13. The van der Waals surface area contributed by atoms with Crippen molar-refractivity contribution < 1.29 is 0 Å². The molecule has 0 amide bonds. The summed E-state index contributed by atoms with van der Waals surface area (Å²) in [5.74, 6) is 2.89. The maximum absolute atomic E-state index is 4.50. The Morgan fingerprint density at radius 2 is 1.85 bits per heavy atom. The molecule has 0 N–H and O–H groups in total. The molecule has 0 spiro atoms. The number of rotatable bonds is 4. The fourth-order valence-corrected chi connectivity index (χ4v) is 5.42. The maximum Gasteiger partial charge on any atom is 0.191 e. The molecule has 26 heavy (non-hydrogen) atoms. The van der Waals surface area contributed by atoms with Crippen LogP contribution in [-0.4, -0.2) is 36.2 Å². The maximum atomic E-state index is 4.50. The van der Waals surface area contributed by atoms with Crippen LogP contribution in [0.15, 0.2) is 71.1 Å². The minimum atomic E-state index is 0.346. The van der Waals surface area contributed by atoms with Gasteiger partial charge in [0.15, 0.2) is 11.0 Å². The summed E-state index contributed by atoms with van der Waals surface area (Å²) in [5.41, 5.74) is 2.09. The fraction of sp³-hybridized carbons (Fsp3) is 0.158. The van der Waals surface area contributed by atoms with E-state index in [-0.39, 0.29) is 0 Å². The molecular weight excluding hydrogens is 362 g/mol. The van der Waals surface area contributed by atoms with E-state index in [9.17, 15) is 0 Å². The zero-order valence-electron chi connectivity index (χ0n) is 13.8. The number of aromatic nitrogens is 5. The van der Waals surface area contributed by atoms with E-state index in [1.807, 2.05) is 36.4 Å². The average molecular weight is 377 g/mol. The molecular formula is C19H15N5S2. The standard InChI is InChI=1S/C19H15N5S2/c1-2-6-13(7-3-1)17-22-23-19-24(17)14(11-26-19)10-25-18-15-8-4-5-9-16(15)20-12-21-18/h1-9,12,14H,10-11H2/t14-/m1/s1. The molecule has 1 aliphatic heterocycles. The number of hydrogen-bond donors (Lipinski definition) is 0. The van der Waals surface area contributed by atoms with Crippen LogP contribution in [0.5, 0.6) is 0 Å². The van der Waals surface area contributed by atoms with Crippen LogP contribution in [0.2, 0.25) is 0 Å². The smallest absolute Gasteiger partial charge is 0.191 e. The van der Waals surface area contributed by atoms with E-state index in [2.05, 4.69) is 42.9 Å². The van der Waals surface area contributed by atoms with Crippen molar-refractivity contribution in [1.82, 2.24) is 24.7 Å². The summed E-state index contributed by atoms with van der Waals surface area (Å²) in [6.07, 6.45) is 1.65. The van der Waals surface area contributed by atoms with Crippen molar-refractivity contribution in [3.8, 4) is 11.4 Å². The zero-order chi connectivity index (χ0) is 17.3. The van der Waals surface area contributed by atoms with Gasteiger partial charge in [-0.25, -0.2) is 9.97 Å². The number of hydrogen-bond acceptors (Lipinski definition) is 6. The molecule has 4 aromatic rings. The van der Waals surface area contributed by atoms with Crippen LogP contribution in [-0.2, 0) is 0 Å². The summed E-state index contributed by atoms with van der Waals surface area (Å²) in [5, 5.41) is 11.9. The molecule has 3 heterocycles. The topological polar surface area (TPSA) is 56.5 Å². The SMILES string of the molecule is c1ccc(-c2nnc3n2[C@H](CSc2ncnc4ccccc24)CS3)cc1. The van der Waals surface area contributed by atoms with Crippen LogP contribution in [0.25, 0.3) is 22.3 Å². The highest BCUT2D eigenvalue weighted by molar-refractivity contribution is 8.00. The molecule has 1 aliphatic rings. The Labute approximate surface area is 159 Å². The van der Waals surface area contributed by atoms with Crippen molar-refractivity contribution in [3.05, 3.63) is 60.9 Å². The van der Waals surface area contributed by atoms with Crippen molar-refractivity contribution in [1.29, 1.82) is 0 Å². The first-order chi connectivity index (χ1) is 12.9. The van der Waals surface area contributed by atoms with Crippen molar-refractivity contribution >= 4 is 34.4 Å². The first kappa shape index (κ1) is 15.8. The molecule has 2 aromatic heterocycles. The first-order valence-electron chi connectivity index (χ1n) is 8.36. The molecule has 0 fully saturated rings. The lowest BCUT2D eigenvalue weighted by molar-refractivity contribution is 0.597. The van der Waals surface area contributed by atoms with Gasteiger partial charge in [0.1, 0.15) is 11.4 Å². The van der Waals surface area contributed by atoms with E-state index in [0.29, 0.717) is 6.04 Å². The van der Waals surface area contributed by atoms with E-state index in [0.717, 1.165) is 44.0 Å². The Balaban J connectivity index is 1.43. The molecule has 0 aliphatic carbocycles. The summed E-state index contributed by atoms with van der Waals surface area (Å²) < 4.78 is 2.27. The van der Waals surface area contributed by atoms with Gasteiger partial charge in [-0.1, -0.05) is 60.3 Å². The van der Waals surface area contributed by atoms with Gasteiger partial charge in [-0.3, -0.25) is 4.57 Å². The van der Waals surface area contributed by atoms with Gasteiger partial charge in [-0.15, -0.1) is 22.0 Å². The first-order valence-corrected chi connectivity index (χ1v) is 10.3. The third-order valence-electron chi connectivity index (χ3n) is 4.39. The Bertz CT molecular complexity index is 1060. The molecule has 0 radical (unpaired) electrons. The molecule has 7 heteroatoms. The Morgan fingerprint density at radius 1 is 1.00 bits per heavy atom. The van der Waals surface area contributed by atoms with E-state index in [1.54, 1.807) is 29.9 Å². The average Bonchev–Trinajstić information content (AvgIpc) is 3.29. The third kappa shape index (κ3) is 2.77. The minimum Gasteiger partial charge on any atom is -0.297 e. The zero-order valence-corrected chi connectivity index (χ0v) is 15.5. The molecule has 1 atom stereocenters. The minimum absolute atomic E-state index is 0.346. The van der Waals surface area contributed by atoms with E-state index < -0.39 is 0 Å². The molecule has 0 bridgehead atoms. The van der Waals surface area contributed by atoms with Crippen molar-refractivity contribution in [2.75, 3.05) is 11.5 Å². The molecule has 0 saturated heterocycles. The Kier molecular flexibility index (Phi) is 4.10. The predicted molar refractivity (Wildman–Crippen MR) is 105 cm³/mol. The second-order valence-corrected chi connectivity index (χ2v) is 8.01. The second kappa shape index (κ2) is 6.74. The lowest BCUT2D eigenvalue weighted by atomic mass is 10.2. The van der Waals surface area contributed by atoms with Crippen molar-refractivity contribution in [3.63, 3.8) is 0 Å². The number of benzene rings is 2. The van der Waals surface area contributed by atoms with E-state index in [1.165, 1.54) is 0 Å². The molecule has 0 unspecified atom stereocenters. The van der Waals surface area contributed by atoms with Crippen LogP contribution >= 0.6 is 23.5 Å². The lowest BCUT2D eigenvalue weighted by Gasteiger charge is -2.14. The summed E-state index contributed by atoms with van der Waals surface area (Å²) in [4.78, 5) is 8.85. The van der Waals surface area contributed by atoms with Gasteiger partial charge in [0.05, 0.1) is 11.6 Å². The molecule has 0 saturated carbocycles. The van der Waals surface area contributed by atoms with Crippen molar-refractivity contribution in [2.24, 2.45) is 0 Å².